The predicted octanol–water partition coefficient (Wildman–Crippen LogP) is 2.83. The fourth-order valence-electron chi connectivity index (χ4n) is 3.50. The maximum Gasteiger partial charge on any atom is 0.273 e. The van der Waals surface area contributed by atoms with Crippen molar-refractivity contribution >= 4 is 16.9 Å². The number of carbonyl (C=O) groups is 1. The van der Waals surface area contributed by atoms with Gasteiger partial charge in [-0.05, 0) is 61.6 Å². The van der Waals surface area contributed by atoms with Crippen LogP contribution in [0, 0.1) is 20.8 Å². The number of aromatic amines is 1. The van der Waals surface area contributed by atoms with Gasteiger partial charge in [0.25, 0.3) is 5.56 Å². The number of hydrogen-bond acceptors (Lipinski definition) is 4. The second-order valence-corrected chi connectivity index (χ2v) is 7.39. The van der Waals surface area contributed by atoms with Crippen molar-refractivity contribution in [3.8, 4) is 5.75 Å². The summed E-state index contributed by atoms with van der Waals surface area (Å²) < 4.78 is 7.25. The van der Waals surface area contributed by atoms with Crippen molar-refractivity contribution in [3.05, 3.63) is 56.5 Å². The van der Waals surface area contributed by atoms with Crippen LogP contribution >= 0.6 is 0 Å². The van der Waals surface area contributed by atoms with Gasteiger partial charge in [-0.25, -0.2) is 4.98 Å². The summed E-state index contributed by atoms with van der Waals surface area (Å²) in [5.74, 6) is 0.744. The molecule has 2 N–H and O–H groups in total. The molecule has 0 bridgehead atoms. The number of rotatable bonds is 7. The maximum absolute atomic E-state index is 12.6. The van der Waals surface area contributed by atoms with Crippen molar-refractivity contribution in [2.75, 3.05) is 6.61 Å². The van der Waals surface area contributed by atoms with E-state index in [1.165, 1.54) is 0 Å². The van der Waals surface area contributed by atoms with Gasteiger partial charge >= 0.3 is 0 Å². The first-order valence-electron chi connectivity index (χ1n) is 9.85. The van der Waals surface area contributed by atoms with E-state index in [4.69, 9.17) is 4.74 Å². The van der Waals surface area contributed by atoms with Crippen LogP contribution in [0.25, 0.3) is 11.0 Å². The van der Waals surface area contributed by atoms with Crippen LogP contribution in [0.5, 0.6) is 5.75 Å². The normalized spacial score (nSPS) is 11.1. The van der Waals surface area contributed by atoms with Crippen LogP contribution in [0.2, 0.25) is 0 Å². The molecule has 1 amide bonds. The Morgan fingerprint density at radius 1 is 1.28 bits per heavy atom. The number of aryl methyl sites for hydroxylation is 4. The number of fused-ring (bicyclic) bond motifs is 1. The summed E-state index contributed by atoms with van der Waals surface area (Å²) in [7, 11) is 1.75. The molecule has 7 nitrogen and oxygen atoms in total. The van der Waals surface area contributed by atoms with Crippen molar-refractivity contribution in [1.82, 2.24) is 20.1 Å². The zero-order chi connectivity index (χ0) is 21.1. The molecule has 29 heavy (non-hydrogen) atoms. The molecule has 3 rings (SSSR count). The number of benzene rings is 1. The minimum atomic E-state index is -0.185. The quantitative estimate of drug-likeness (QED) is 0.643. The molecule has 0 fully saturated rings. The summed E-state index contributed by atoms with van der Waals surface area (Å²) in [6.45, 7) is 8.95. The Kier molecular flexibility index (Phi) is 6.06. The predicted molar refractivity (Wildman–Crippen MR) is 113 cm³/mol. The Hall–Kier alpha value is -3.09. The van der Waals surface area contributed by atoms with Gasteiger partial charge in [0.15, 0.2) is 5.65 Å². The number of carbonyl (C=O) groups excluding carboxylic acids is 1. The fraction of sp³-hybridized carbons (Fsp3) is 0.409. The molecule has 0 saturated heterocycles. The minimum absolute atomic E-state index is 0.101. The van der Waals surface area contributed by atoms with Gasteiger partial charge in [0.2, 0.25) is 5.91 Å². The molecule has 2 aromatic heterocycles. The number of ether oxygens (including phenoxy) is 1. The lowest BCUT2D eigenvalue weighted by atomic mass is 10.0. The van der Waals surface area contributed by atoms with E-state index in [1.54, 1.807) is 11.7 Å². The first-order chi connectivity index (χ1) is 13.8. The summed E-state index contributed by atoms with van der Waals surface area (Å²) in [4.78, 5) is 29.3. The van der Waals surface area contributed by atoms with Gasteiger partial charge in [-0.1, -0.05) is 13.0 Å². The molecule has 0 saturated carbocycles. The molecule has 2 heterocycles. The maximum atomic E-state index is 12.6. The summed E-state index contributed by atoms with van der Waals surface area (Å²) >= 11 is 0. The van der Waals surface area contributed by atoms with Gasteiger partial charge in [-0.3, -0.25) is 19.4 Å². The highest BCUT2D eigenvalue weighted by atomic mass is 16.5. The zero-order valence-electron chi connectivity index (χ0n) is 17.7. The molecular formula is C22H28N4O3. The standard InChI is InChI=1S/C22H28N4O3/c1-6-9-29-17-8-7-16(13(2)10-17)12-23-19(27)11-18-14(3)20-21(24-15(18)4)26(5)25-22(20)28/h7-8,10H,6,9,11-12H2,1-5H3,(H,23,27)(H,25,28). The van der Waals surface area contributed by atoms with Crippen molar-refractivity contribution in [2.45, 2.75) is 47.1 Å². The van der Waals surface area contributed by atoms with E-state index in [2.05, 4.69) is 22.3 Å². The molecule has 0 aliphatic heterocycles. The molecule has 154 valence electrons. The molecule has 0 aliphatic carbocycles. The highest BCUT2D eigenvalue weighted by Gasteiger charge is 2.17. The lowest BCUT2D eigenvalue weighted by molar-refractivity contribution is -0.120. The van der Waals surface area contributed by atoms with Crippen LogP contribution in [0.1, 0.15) is 41.3 Å². The molecule has 0 unspecified atom stereocenters. The summed E-state index contributed by atoms with van der Waals surface area (Å²) in [5, 5.41) is 6.24. The lowest BCUT2D eigenvalue weighted by Crippen LogP contribution is -2.26. The third-order valence-corrected chi connectivity index (χ3v) is 5.18. The van der Waals surface area contributed by atoms with E-state index in [9.17, 15) is 9.59 Å². The smallest absolute Gasteiger partial charge is 0.273 e. The Morgan fingerprint density at radius 3 is 2.72 bits per heavy atom. The minimum Gasteiger partial charge on any atom is -0.494 e. The molecule has 7 heteroatoms. The Balaban J connectivity index is 1.72. The number of aromatic nitrogens is 3. The van der Waals surface area contributed by atoms with E-state index < -0.39 is 0 Å². The van der Waals surface area contributed by atoms with Gasteiger partial charge < -0.3 is 10.1 Å². The Bertz CT molecular complexity index is 1110. The molecule has 0 atom stereocenters. The Morgan fingerprint density at radius 2 is 2.03 bits per heavy atom. The highest BCUT2D eigenvalue weighted by molar-refractivity contribution is 5.84. The van der Waals surface area contributed by atoms with Gasteiger partial charge in [0.05, 0.1) is 18.4 Å². The topological polar surface area (TPSA) is 89.0 Å². The molecule has 0 aliphatic rings. The average Bonchev–Trinajstić information content (AvgIpc) is 2.96. The zero-order valence-corrected chi connectivity index (χ0v) is 17.7. The summed E-state index contributed by atoms with van der Waals surface area (Å²) in [6, 6.07) is 5.90. The van der Waals surface area contributed by atoms with E-state index in [0.29, 0.717) is 24.2 Å². The number of nitrogens with zero attached hydrogens (tertiary/aromatic N) is 2. The molecule has 0 radical (unpaired) electrons. The van der Waals surface area contributed by atoms with E-state index in [-0.39, 0.29) is 17.9 Å². The second-order valence-electron chi connectivity index (χ2n) is 7.39. The SMILES string of the molecule is CCCOc1ccc(CNC(=O)Cc2c(C)nc3c(c2C)c(=O)[nH]n3C)c(C)c1. The molecule has 0 spiro atoms. The first kappa shape index (κ1) is 20.6. The van der Waals surface area contributed by atoms with Crippen molar-refractivity contribution in [3.63, 3.8) is 0 Å². The summed E-state index contributed by atoms with van der Waals surface area (Å²) in [5.41, 5.74) is 4.90. The summed E-state index contributed by atoms with van der Waals surface area (Å²) in [6.07, 6.45) is 1.15. The van der Waals surface area contributed by atoms with Crippen LogP contribution in [0.3, 0.4) is 0 Å². The van der Waals surface area contributed by atoms with Crippen molar-refractivity contribution in [1.29, 1.82) is 0 Å². The Labute approximate surface area is 170 Å². The monoisotopic (exact) mass is 396 g/mol. The van der Waals surface area contributed by atoms with Crippen LogP contribution in [0.15, 0.2) is 23.0 Å². The number of nitrogens with one attached hydrogen (secondary N) is 2. The van der Waals surface area contributed by atoms with Crippen LogP contribution < -0.4 is 15.6 Å². The molecule has 3 aromatic rings. The average molecular weight is 396 g/mol. The number of amides is 1. The van der Waals surface area contributed by atoms with Gasteiger partial charge in [-0.15, -0.1) is 0 Å². The highest BCUT2D eigenvalue weighted by Crippen LogP contribution is 2.21. The first-order valence-corrected chi connectivity index (χ1v) is 9.85. The molecule has 1 aromatic carbocycles. The van der Waals surface area contributed by atoms with Gasteiger partial charge in [0, 0.05) is 19.3 Å². The fourth-order valence-corrected chi connectivity index (χ4v) is 3.50. The lowest BCUT2D eigenvalue weighted by Gasteiger charge is -2.13. The van der Waals surface area contributed by atoms with Crippen molar-refractivity contribution in [2.24, 2.45) is 7.05 Å². The number of pyridine rings is 1. The molecular weight excluding hydrogens is 368 g/mol. The van der Waals surface area contributed by atoms with Crippen molar-refractivity contribution < 1.29 is 9.53 Å². The van der Waals surface area contributed by atoms with Crippen LogP contribution in [-0.2, 0) is 24.8 Å². The van der Waals surface area contributed by atoms with E-state index in [0.717, 1.165) is 40.1 Å². The van der Waals surface area contributed by atoms with Crippen LogP contribution in [0.4, 0.5) is 0 Å². The largest absolute Gasteiger partial charge is 0.494 e. The third kappa shape index (κ3) is 4.34. The third-order valence-electron chi connectivity index (χ3n) is 5.18. The van der Waals surface area contributed by atoms with Gasteiger partial charge in [-0.2, -0.15) is 0 Å². The second kappa shape index (κ2) is 8.51. The number of H-pyrrole nitrogens is 1. The van der Waals surface area contributed by atoms with E-state index in [1.807, 2.05) is 39.0 Å². The van der Waals surface area contributed by atoms with Crippen LogP contribution in [-0.4, -0.2) is 27.3 Å². The van der Waals surface area contributed by atoms with Gasteiger partial charge in [0.1, 0.15) is 5.75 Å². The number of hydrogen-bond donors (Lipinski definition) is 2. The van der Waals surface area contributed by atoms with E-state index >= 15 is 0 Å².